The monoisotopic (exact) mass is 310 g/mol. The molecule has 1 unspecified atom stereocenters. The number of thioether (sulfide) groups is 1. The maximum absolute atomic E-state index is 12.7. The van der Waals surface area contributed by atoms with Crippen molar-refractivity contribution < 1.29 is 31.9 Å². The second kappa shape index (κ2) is 6.74. The summed E-state index contributed by atoms with van der Waals surface area (Å²) in [5.41, 5.74) is -4.96. The quantitative estimate of drug-likeness (QED) is 0.362. The number of carbonyl (C=O) groups is 2. The van der Waals surface area contributed by atoms with Crippen LogP contribution in [0.3, 0.4) is 0 Å². The molecule has 0 saturated carbocycles. The molecule has 1 rings (SSSR count). The minimum atomic E-state index is -4.77. The third-order valence-electron chi connectivity index (χ3n) is 2.12. The van der Waals surface area contributed by atoms with Crippen molar-refractivity contribution in [2.24, 2.45) is 0 Å². The Morgan fingerprint density at radius 1 is 1.25 bits per heavy atom. The predicted molar refractivity (Wildman–Crippen MR) is 64.8 cm³/mol. The minimum Gasteiger partial charge on any atom is -0.465 e. The van der Waals surface area contributed by atoms with Crippen LogP contribution < -0.4 is 0 Å². The number of ketones is 1. The van der Waals surface area contributed by atoms with Gasteiger partial charge < -0.3 is 4.74 Å². The Labute approximate surface area is 116 Å². The molecule has 0 spiro atoms. The van der Waals surface area contributed by atoms with Crippen LogP contribution in [0.5, 0.6) is 0 Å². The van der Waals surface area contributed by atoms with E-state index in [1.807, 2.05) is 0 Å². The molecule has 0 amide bonds. The first-order valence-corrected chi connectivity index (χ1v) is 6.33. The molecule has 0 aliphatic rings. The number of benzene rings is 1. The Balaban J connectivity index is 3.00. The first-order valence-electron chi connectivity index (χ1n) is 5.45. The SMILES string of the molecule is CCOC(=O)C(SC(F)(F)F)C(=O)c1ccc(F)cc1. The fraction of sp³-hybridized carbons (Fsp3) is 0.333. The van der Waals surface area contributed by atoms with Crippen LogP contribution in [0.4, 0.5) is 17.6 Å². The molecule has 1 aromatic rings. The topological polar surface area (TPSA) is 43.4 Å². The lowest BCUT2D eigenvalue weighted by molar-refractivity contribution is -0.141. The zero-order valence-electron chi connectivity index (χ0n) is 10.2. The lowest BCUT2D eigenvalue weighted by Crippen LogP contribution is -2.32. The Bertz CT molecular complexity index is 484. The molecule has 0 fully saturated rings. The summed E-state index contributed by atoms with van der Waals surface area (Å²) < 4.78 is 54.3. The number of carbonyl (C=O) groups excluding carboxylic acids is 2. The number of ether oxygens (including phenoxy) is 1. The van der Waals surface area contributed by atoms with Crippen molar-refractivity contribution in [2.45, 2.75) is 17.7 Å². The normalized spacial score (nSPS) is 12.8. The maximum Gasteiger partial charge on any atom is 0.443 e. The van der Waals surface area contributed by atoms with E-state index in [2.05, 4.69) is 4.74 Å². The summed E-state index contributed by atoms with van der Waals surface area (Å²) in [6.45, 7) is 1.26. The van der Waals surface area contributed by atoms with Crippen LogP contribution in [0.25, 0.3) is 0 Å². The van der Waals surface area contributed by atoms with Gasteiger partial charge in [-0.05, 0) is 43.0 Å². The van der Waals surface area contributed by atoms with Crippen molar-refractivity contribution in [3.8, 4) is 0 Å². The molecule has 110 valence electrons. The van der Waals surface area contributed by atoms with Gasteiger partial charge in [0.1, 0.15) is 5.82 Å². The van der Waals surface area contributed by atoms with E-state index in [9.17, 15) is 27.2 Å². The second-order valence-corrected chi connectivity index (χ2v) is 4.74. The van der Waals surface area contributed by atoms with E-state index in [1.165, 1.54) is 6.92 Å². The molecule has 1 aromatic carbocycles. The molecule has 0 N–H and O–H groups in total. The van der Waals surface area contributed by atoms with Gasteiger partial charge in [-0.15, -0.1) is 0 Å². The molecule has 0 aliphatic heterocycles. The van der Waals surface area contributed by atoms with Crippen molar-refractivity contribution >= 4 is 23.5 Å². The fourth-order valence-corrected chi connectivity index (χ4v) is 2.00. The van der Waals surface area contributed by atoms with E-state index in [4.69, 9.17) is 0 Å². The van der Waals surface area contributed by atoms with Crippen LogP contribution in [-0.2, 0) is 9.53 Å². The zero-order chi connectivity index (χ0) is 15.3. The van der Waals surface area contributed by atoms with Gasteiger partial charge in [-0.25, -0.2) is 4.39 Å². The summed E-state index contributed by atoms with van der Waals surface area (Å²) in [5, 5.41) is -2.06. The number of rotatable bonds is 5. The first kappa shape index (κ1) is 16.5. The lowest BCUT2D eigenvalue weighted by atomic mass is 10.1. The maximum atomic E-state index is 12.7. The molecule has 0 aliphatic carbocycles. The standard InChI is InChI=1S/C12H10F4O3S/c1-2-19-11(18)10(20-12(14,15)16)9(17)7-3-5-8(13)6-4-7/h3-6,10H,2H2,1H3. The summed E-state index contributed by atoms with van der Waals surface area (Å²) in [5.74, 6) is -2.99. The molecule has 0 heterocycles. The Morgan fingerprint density at radius 2 is 1.80 bits per heavy atom. The van der Waals surface area contributed by atoms with Gasteiger partial charge in [-0.1, -0.05) is 0 Å². The molecule has 8 heteroatoms. The average molecular weight is 310 g/mol. The van der Waals surface area contributed by atoms with Crippen LogP contribution in [0.1, 0.15) is 17.3 Å². The molecule has 0 bridgehead atoms. The van der Waals surface area contributed by atoms with Gasteiger partial charge in [-0.3, -0.25) is 9.59 Å². The van der Waals surface area contributed by atoms with Crippen molar-refractivity contribution in [2.75, 3.05) is 6.61 Å². The number of hydrogen-bond donors (Lipinski definition) is 0. The van der Waals surface area contributed by atoms with E-state index >= 15 is 0 Å². The molecule has 0 radical (unpaired) electrons. The molecular weight excluding hydrogens is 300 g/mol. The average Bonchev–Trinajstić information content (AvgIpc) is 2.35. The van der Waals surface area contributed by atoms with E-state index in [1.54, 1.807) is 0 Å². The first-order chi connectivity index (χ1) is 9.24. The summed E-state index contributed by atoms with van der Waals surface area (Å²) in [6.07, 6.45) is 0. The molecule has 3 nitrogen and oxygen atoms in total. The van der Waals surface area contributed by atoms with Crippen molar-refractivity contribution in [1.82, 2.24) is 0 Å². The van der Waals surface area contributed by atoms with Crippen LogP contribution in [0, 0.1) is 5.82 Å². The van der Waals surface area contributed by atoms with Crippen LogP contribution in [0.2, 0.25) is 0 Å². The van der Waals surface area contributed by atoms with Crippen molar-refractivity contribution in [3.63, 3.8) is 0 Å². The molecular formula is C12H10F4O3S. The Hall–Kier alpha value is -1.57. The van der Waals surface area contributed by atoms with Crippen molar-refractivity contribution in [1.29, 1.82) is 0 Å². The van der Waals surface area contributed by atoms with Gasteiger partial charge in [0.05, 0.1) is 6.61 Å². The highest BCUT2D eigenvalue weighted by Gasteiger charge is 2.41. The highest BCUT2D eigenvalue weighted by atomic mass is 32.2. The highest BCUT2D eigenvalue weighted by Crippen LogP contribution is 2.35. The van der Waals surface area contributed by atoms with E-state index < -0.39 is 40.1 Å². The Morgan fingerprint density at radius 3 is 2.25 bits per heavy atom. The van der Waals surface area contributed by atoms with Gasteiger partial charge >= 0.3 is 11.5 Å². The second-order valence-electron chi connectivity index (χ2n) is 3.57. The summed E-state index contributed by atoms with van der Waals surface area (Å²) >= 11 is -0.761. The van der Waals surface area contributed by atoms with Gasteiger partial charge in [0, 0.05) is 5.56 Å². The summed E-state index contributed by atoms with van der Waals surface area (Å²) in [4.78, 5) is 23.4. The fourth-order valence-electron chi connectivity index (χ4n) is 1.33. The number of esters is 1. The molecule has 1 atom stereocenters. The number of hydrogen-bond acceptors (Lipinski definition) is 4. The van der Waals surface area contributed by atoms with E-state index in [-0.39, 0.29) is 12.2 Å². The van der Waals surface area contributed by atoms with E-state index in [0.29, 0.717) is 0 Å². The van der Waals surface area contributed by atoms with Gasteiger partial charge in [0.15, 0.2) is 11.0 Å². The molecule has 0 aromatic heterocycles. The predicted octanol–water partition coefficient (Wildman–Crippen LogP) is 3.19. The zero-order valence-corrected chi connectivity index (χ0v) is 11.1. The summed E-state index contributed by atoms with van der Waals surface area (Å²) in [7, 11) is 0. The highest BCUT2D eigenvalue weighted by molar-refractivity contribution is 8.02. The molecule has 0 saturated heterocycles. The van der Waals surface area contributed by atoms with Crippen LogP contribution in [0.15, 0.2) is 24.3 Å². The van der Waals surface area contributed by atoms with Crippen LogP contribution >= 0.6 is 11.8 Å². The summed E-state index contributed by atoms with van der Waals surface area (Å²) in [6, 6.07) is 3.88. The lowest BCUT2D eigenvalue weighted by Gasteiger charge is -2.15. The van der Waals surface area contributed by atoms with Crippen LogP contribution in [-0.4, -0.2) is 29.1 Å². The number of Topliss-reactive ketones (excluding diaryl/α,β-unsaturated/α-hetero) is 1. The number of halogens is 4. The third kappa shape index (κ3) is 4.84. The van der Waals surface area contributed by atoms with Gasteiger partial charge in [0.25, 0.3) is 0 Å². The van der Waals surface area contributed by atoms with Gasteiger partial charge in [-0.2, -0.15) is 13.2 Å². The third-order valence-corrected chi connectivity index (χ3v) is 3.03. The number of alkyl halides is 3. The Kier molecular flexibility index (Phi) is 5.55. The molecule has 20 heavy (non-hydrogen) atoms. The largest absolute Gasteiger partial charge is 0.465 e. The van der Waals surface area contributed by atoms with E-state index in [0.717, 1.165) is 24.3 Å². The minimum absolute atomic E-state index is 0.148. The smallest absolute Gasteiger partial charge is 0.443 e. The van der Waals surface area contributed by atoms with Gasteiger partial charge in [0.2, 0.25) is 0 Å². The van der Waals surface area contributed by atoms with Crippen molar-refractivity contribution in [3.05, 3.63) is 35.6 Å².